The van der Waals surface area contributed by atoms with Crippen LogP contribution in [0, 0.1) is 12.8 Å². The summed E-state index contributed by atoms with van der Waals surface area (Å²) < 4.78 is 0. The molecule has 1 atom stereocenters. The van der Waals surface area contributed by atoms with Crippen molar-refractivity contribution in [3.8, 4) is 0 Å². The van der Waals surface area contributed by atoms with Crippen molar-refractivity contribution in [2.45, 2.75) is 33.2 Å². The molecule has 2 aromatic carbocycles. The number of amides is 2. The minimum absolute atomic E-state index is 0.0444. The highest BCUT2D eigenvalue weighted by Gasteiger charge is 2.24. The van der Waals surface area contributed by atoms with Crippen LogP contribution in [-0.4, -0.2) is 24.4 Å². The lowest BCUT2D eigenvalue weighted by molar-refractivity contribution is -0.123. The third-order valence-electron chi connectivity index (χ3n) is 4.33. The van der Waals surface area contributed by atoms with Gasteiger partial charge in [0.2, 0.25) is 5.91 Å². The lowest BCUT2D eigenvalue weighted by Gasteiger charge is -2.22. The number of hydrogen-bond acceptors (Lipinski definition) is 2. The second-order valence-electron chi connectivity index (χ2n) is 6.79. The number of rotatable bonds is 7. The quantitative estimate of drug-likeness (QED) is 0.714. The Hall–Kier alpha value is -2.04. The van der Waals surface area contributed by atoms with E-state index in [4.69, 9.17) is 23.2 Å². The third kappa shape index (κ3) is 5.98. The highest BCUT2D eigenvalue weighted by Crippen LogP contribution is 2.21. The molecule has 0 aromatic heterocycles. The van der Waals surface area contributed by atoms with E-state index in [1.54, 1.807) is 18.2 Å². The van der Waals surface area contributed by atoms with Crippen LogP contribution >= 0.6 is 23.2 Å². The van der Waals surface area contributed by atoms with Gasteiger partial charge in [-0.1, -0.05) is 61.3 Å². The van der Waals surface area contributed by atoms with E-state index in [0.29, 0.717) is 28.6 Å². The minimum Gasteiger partial charge on any atom is -0.354 e. The molecule has 2 rings (SSSR count). The van der Waals surface area contributed by atoms with Crippen molar-refractivity contribution in [2.24, 2.45) is 5.92 Å². The molecule has 0 bridgehead atoms. The van der Waals surface area contributed by atoms with Crippen molar-refractivity contribution in [1.82, 2.24) is 10.6 Å². The maximum atomic E-state index is 12.6. The molecule has 0 aliphatic heterocycles. The van der Waals surface area contributed by atoms with Crippen LogP contribution in [0.4, 0.5) is 0 Å². The number of carbonyl (C=O) groups is 2. The summed E-state index contributed by atoms with van der Waals surface area (Å²) in [6.07, 6.45) is 0.582. The van der Waals surface area contributed by atoms with Gasteiger partial charge in [-0.2, -0.15) is 0 Å². The molecule has 0 saturated heterocycles. The van der Waals surface area contributed by atoms with Gasteiger partial charge in [0.1, 0.15) is 6.04 Å². The summed E-state index contributed by atoms with van der Waals surface area (Å²) >= 11 is 12.0. The summed E-state index contributed by atoms with van der Waals surface area (Å²) in [5.74, 6) is -0.503. The van der Waals surface area contributed by atoms with E-state index in [2.05, 4.69) is 10.6 Å². The van der Waals surface area contributed by atoms with Gasteiger partial charge < -0.3 is 10.6 Å². The van der Waals surface area contributed by atoms with Gasteiger partial charge in [0.25, 0.3) is 5.91 Å². The predicted octanol–water partition coefficient (Wildman–Crippen LogP) is 4.42. The molecule has 27 heavy (non-hydrogen) atoms. The lowest BCUT2D eigenvalue weighted by atomic mass is 10.0. The second kappa shape index (κ2) is 9.77. The lowest BCUT2D eigenvalue weighted by Crippen LogP contribution is -2.50. The van der Waals surface area contributed by atoms with Gasteiger partial charge in [-0.15, -0.1) is 0 Å². The number of hydrogen-bond donors (Lipinski definition) is 2. The van der Waals surface area contributed by atoms with Crippen molar-refractivity contribution in [2.75, 3.05) is 6.54 Å². The first-order valence-corrected chi connectivity index (χ1v) is 9.63. The zero-order valence-corrected chi connectivity index (χ0v) is 17.2. The van der Waals surface area contributed by atoms with Crippen LogP contribution in [0.15, 0.2) is 42.5 Å². The Morgan fingerprint density at radius 1 is 1.07 bits per heavy atom. The standard InChI is InChI=1S/C21H24Cl2N2O2/c1-13(2)19(25-20(26)17-7-5-4-6-14(17)3)21(27)24-11-10-15-8-9-16(22)12-18(15)23/h4-9,12-13,19H,10-11H2,1-3H3,(H,24,27)(H,25,26). The Balaban J connectivity index is 1.96. The maximum Gasteiger partial charge on any atom is 0.252 e. The first-order valence-electron chi connectivity index (χ1n) is 8.87. The zero-order valence-electron chi connectivity index (χ0n) is 15.7. The van der Waals surface area contributed by atoms with Gasteiger partial charge in [-0.25, -0.2) is 0 Å². The SMILES string of the molecule is Cc1ccccc1C(=O)NC(C(=O)NCCc1ccc(Cl)cc1Cl)C(C)C. The Kier molecular flexibility index (Phi) is 7.69. The fraction of sp³-hybridized carbons (Fsp3) is 0.333. The van der Waals surface area contributed by atoms with Crippen LogP contribution in [0.25, 0.3) is 0 Å². The second-order valence-corrected chi connectivity index (χ2v) is 7.63. The molecular weight excluding hydrogens is 383 g/mol. The third-order valence-corrected chi connectivity index (χ3v) is 4.92. The molecular formula is C21H24Cl2N2O2. The molecule has 0 radical (unpaired) electrons. The number of aryl methyl sites for hydroxylation is 1. The van der Waals surface area contributed by atoms with Gasteiger partial charge in [-0.05, 0) is 48.6 Å². The average Bonchev–Trinajstić information content (AvgIpc) is 2.61. The van der Waals surface area contributed by atoms with E-state index in [0.717, 1.165) is 11.1 Å². The van der Waals surface area contributed by atoms with E-state index in [-0.39, 0.29) is 17.7 Å². The van der Waals surface area contributed by atoms with Crippen LogP contribution in [0.2, 0.25) is 10.0 Å². The highest BCUT2D eigenvalue weighted by molar-refractivity contribution is 6.35. The van der Waals surface area contributed by atoms with Gasteiger partial charge >= 0.3 is 0 Å². The molecule has 0 fully saturated rings. The molecule has 1 unspecified atom stereocenters. The molecule has 0 aliphatic carbocycles. The predicted molar refractivity (Wildman–Crippen MR) is 110 cm³/mol. The van der Waals surface area contributed by atoms with E-state index >= 15 is 0 Å². The zero-order chi connectivity index (χ0) is 20.0. The number of carbonyl (C=O) groups excluding carboxylic acids is 2. The number of nitrogens with one attached hydrogen (secondary N) is 2. The van der Waals surface area contributed by atoms with Crippen molar-refractivity contribution < 1.29 is 9.59 Å². The van der Waals surface area contributed by atoms with E-state index in [1.165, 1.54) is 0 Å². The summed E-state index contributed by atoms with van der Waals surface area (Å²) in [4.78, 5) is 25.1. The monoisotopic (exact) mass is 406 g/mol. The molecule has 0 spiro atoms. The normalized spacial score (nSPS) is 11.9. The number of halogens is 2. The van der Waals surface area contributed by atoms with Crippen LogP contribution in [0.1, 0.15) is 35.3 Å². The van der Waals surface area contributed by atoms with E-state index in [1.807, 2.05) is 45.0 Å². The molecule has 144 valence electrons. The Morgan fingerprint density at radius 2 is 1.78 bits per heavy atom. The molecule has 0 saturated carbocycles. The van der Waals surface area contributed by atoms with Gasteiger partial charge in [0.15, 0.2) is 0 Å². The van der Waals surface area contributed by atoms with Gasteiger partial charge in [0.05, 0.1) is 0 Å². The first-order chi connectivity index (χ1) is 12.8. The van der Waals surface area contributed by atoms with Gasteiger partial charge in [-0.3, -0.25) is 9.59 Å². The maximum absolute atomic E-state index is 12.6. The van der Waals surface area contributed by atoms with Crippen LogP contribution in [-0.2, 0) is 11.2 Å². The summed E-state index contributed by atoms with van der Waals surface area (Å²) in [5.41, 5.74) is 2.35. The van der Waals surface area contributed by atoms with Crippen LogP contribution in [0.3, 0.4) is 0 Å². The summed E-state index contributed by atoms with van der Waals surface area (Å²) in [6, 6.07) is 12.0. The van der Waals surface area contributed by atoms with E-state index < -0.39 is 6.04 Å². The molecule has 0 aliphatic rings. The van der Waals surface area contributed by atoms with Gasteiger partial charge in [0, 0.05) is 22.2 Å². The highest BCUT2D eigenvalue weighted by atomic mass is 35.5. The molecule has 0 heterocycles. The molecule has 6 heteroatoms. The smallest absolute Gasteiger partial charge is 0.252 e. The Morgan fingerprint density at radius 3 is 2.41 bits per heavy atom. The topological polar surface area (TPSA) is 58.2 Å². The first kappa shape index (κ1) is 21.3. The van der Waals surface area contributed by atoms with Crippen molar-refractivity contribution in [3.63, 3.8) is 0 Å². The molecule has 2 N–H and O–H groups in total. The summed E-state index contributed by atoms with van der Waals surface area (Å²) in [5, 5.41) is 6.88. The molecule has 2 aromatic rings. The fourth-order valence-electron chi connectivity index (χ4n) is 2.74. The fourth-order valence-corrected chi connectivity index (χ4v) is 3.24. The van der Waals surface area contributed by atoms with E-state index in [9.17, 15) is 9.59 Å². The largest absolute Gasteiger partial charge is 0.354 e. The minimum atomic E-state index is -0.613. The van der Waals surface area contributed by atoms with Crippen LogP contribution in [0.5, 0.6) is 0 Å². The Bertz CT molecular complexity index is 822. The number of benzene rings is 2. The summed E-state index contributed by atoms with van der Waals surface area (Å²) in [6.45, 7) is 6.09. The molecule has 4 nitrogen and oxygen atoms in total. The Labute approximate surface area is 170 Å². The van der Waals surface area contributed by atoms with Crippen molar-refractivity contribution in [3.05, 3.63) is 69.2 Å². The van der Waals surface area contributed by atoms with Crippen molar-refractivity contribution in [1.29, 1.82) is 0 Å². The average molecular weight is 407 g/mol. The summed E-state index contributed by atoms with van der Waals surface area (Å²) in [7, 11) is 0. The molecule has 2 amide bonds. The van der Waals surface area contributed by atoms with Crippen molar-refractivity contribution >= 4 is 35.0 Å². The van der Waals surface area contributed by atoms with Crippen LogP contribution < -0.4 is 10.6 Å².